The number of fused-ring (bicyclic) bond motifs is 2. The van der Waals surface area contributed by atoms with Crippen LogP contribution < -0.4 is 4.31 Å². The lowest BCUT2D eigenvalue weighted by atomic mass is 9.99. The zero-order valence-electron chi connectivity index (χ0n) is 17.9. The molecular weight excluding hydrogens is 458 g/mol. The first-order chi connectivity index (χ1) is 15.9. The number of rotatable bonds is 6. The van der Waals surface area contributed by atoms with Crippen LogP contribution in [0.2, 0.25) is 0 Å². The van der Waals surface area contributed by atoms with Gasteiger partial charge in [0.15, 0.2) is 11.4 Å². The Labute approximate surface area is 195 Å². The highest BCUT2D eigenvalue weighted by Crippen LogP contribution is 2.31. The number of carbonyl (C=O) groups excluding carboxylic acids is 1. The van der Waals surface area contributed by atoms with Gasteiger partial charge in [-0.3, -0.25) is 9.10 Å². The summed E-state index contributed by atoms with van der Waals surface area (Å²) in [5.74, 6) is 0.165. The predicted octanol–water partition coefficient (Wildman–Crippen LogP) is 3.50. The Morgan fingerprint density at radius 3 is 2.73 bits per heavy atom. The smallest absolute Gasteiger partial charge is 0.232 e. The standard InChI is InChI=1S/C23H21N5O3S2/c1-33(30,31)27-11-5-6-16-12-17(9-10-20(16)27)21(29)14-32-23-19-13-26-28(22(19)24-15-25-23)18-7-3-2-4-8-18/h2-4,7-10,12-13,15H,5-6,11,14H2,1H3. The molecule has 2 aromatic heterocycles. The van der Waals surface area contributed by atoms with Gasteiger partial charge in [-0.1, -0.05) is 30.0 Å². The van der Waals surface area contributed by atoms with E-state index in [9.17, 15) is 13.2 Å². The number of sulfonamides is 1. The second kappa shape index (κ2) is 8.60. The molecule has 4 aromatic rings. The third kappa shape index (κ3) is 4.23. The molecule has 10 heteroatoms. The number of Topliss-reactive ketones (excluding diaryl/α,β-unsaturated/α-hetero) is 1. The maximum atomic E-state index is 12.9. The maximum absolute atomic E-state index is 12.9. The van der Waals surface area contributed by atoms with Crippen LogP contribution in [0.3, 0.4) is 0 Å². The molecule has 0 N–H and O–H groups in total. The minimum absolute atomic E-state index is 0.0403. The van der Waals surface area contributed by atoms with Crippen molar-refractivity contribution in [1.82, 2.24) is 19.7 Å². The van der Waals surface area contributed by atoms with Gasteiger partial charge in [0.05, 0.1) is 35.0 Å². The van der Waals surface area contributed by atoms with E-state index in [2.05, 4.69) is 15.1 Å². The maximum Gasteiger partial charge on any atom is 0.232 e. The number of para-hydroxylation sites is 1. The number of anilines is 1. The summed E-state index contributed by atoms with van der Waals surface area (Å²) in [6.45, 7) is 0.468. The first-order valence-electron chi connectivity index (χ1n) is 10.4. The Morgan fingerprint density at radius 2 is 1.94 bits per heavy atom. The molecule has 1 aliphatic heterocycles. The Kier molecular flexibility index (Phi) is 5.63. The largest absolute Gasteiger partial charge is 0.293 e. The molecule has 0 atom stereocenters. The number of thioether (sulfide) groups is 1. The van der Waals surface area contributed by atoms with E-state index in [1.807, 2.05) is 36.4 Å². The summed E-state index contributed by atoms with van der Waals surface area (Å²) in [4.78, 5) is 21.7. The van der Waals surface area contributed by atoms with E-state index in [0.29, 0.717) is 28.5 Å². The third-order valence-electron chi connectivity index (χ3n) is 5.55. The van der Waals surface area contributed by atoms with Crippen molar-refractivity contribution in [3.8, 4) is 5.69 Å². The summed E-state index contributed by atoms with van der Waals surface area (Å²) >= 11 is 1.34. The molecule has 1 aliphatic rings. The Hall–Kier alpha value is -3.24. The van der Waals surface area contributed by atoms with Crippen molar-refractivity contribution in [2.75, 3.05) is 22.9 Å². The fraction of sp³-hybridized carbons (Fsp3) is 0.217. The van der Waals surface area contributed by atoms with Gasteiger partial charge < -0.3 is 0 Å². The van der Waals surface area contributed by atoms with Crippen LogP contribution >= 0.6 is 11.8 Å². The lowest BCUT2D eigenvalue weighted by Crippen LogP contribution is -2.34. The van der Waals surface area contributed by atoms with E-state index in [1.165, 1.54) is 28.7 Å². The van der Waals surface area contributed by atoms with Crippen LogP contribution in [-0.4, -0.2) is 52.5 Å². The van der Waals surface area contributed by atoms with Crippen molar-refractivity contribution >= 4 is 44.3 Å². The van der Waals surface area contributed by atoms with Gasteiger partial charge in [0, 0.05) is 12.1 Å². The number of ketones is 1. The van der Waals surface area contributed by atoms with Gasteiger partial charge in [-0.15, -0.1) is 0 Å². The number of carbonyl (C=O) groups is 1. The normalized spacial score (nSPS) is 13.8. The minimum atomic E-state index is -3.34. The summed E-state index contributed by atoms with van der Waals surface area (Å²) in [7, 11) is -3.34. The van der Waals surface area contributed by atoms with Crippen LogP contribution in [0.4, 0.5) is 5.69 Å². The Bertz CT molecular complexity index is 1450. The van der Waals surface area contributed by atoms with Gasteiger partial charge in [-0.05, 0) is 48.7 Å². The minimum Gasteiger partial charge on any atom is -0.293 e. The molecule has 0 saturated carbocycles. The van der Waals surface area contributed by atoms with Crippen LogP contribution in [0.5, 0.6) is 0 Å². The summed E-state index contributed by atoms with van der Waals surface area (Å²) in [6, 6.07) is 15.0. The highest BCUT2D eigenvalue weighted by atomic mass is 32.2. The van der Waals surface area contributed by atoms with E-state index >= 15 is 0 Å². The summed E-state index contributed by atoms with van der Waals surface area (Å²) < 4.78 is 27.3. The van der Waals surface area contributed by atoms with Gasteiger partial charge >= 0.3 is 0 Å². The van der Waals surface area contributed by atoms with Crippen molar-refractivity contribution < 1.29 is 13.2 Å². The first kappa shape index (κ1) is 21.6. The molecule has 0 bridgehead atoms. The van der Waals surface area contributed by atoms with Crippen molar-refractivity contribution in [2.45, 2.75) is 17.9 Å². The zero-order chi connectivity index (χ0) is 23.0. The SMILES string of the molecule is CS(=O)(=O)N1CCCc2cc(C(=O)CSc3ncnc4c3cnn4-c3ccccc3)ccc21. The molecule has 5 rings (SSSR count). The van der Waals surface area contributed by atoms with Crippen molar-refractivity contribution in [2.24, 2.45) is 0 Å². The second-order valence-electron chi connectivity index (χ2n) is 7.80. The number of aromatic nitrogens is 4. The number of hydrogen-bond donors (Lipinski definition) is 0. The second-order valence-corrected chi connectivity index (χ2v) is 10.7. The molecule has 0 radical (unpaired) electrons. The Balaban J connectivity index is 1.36. The van der Waals surface area contributed by atoms with Crippen LogP contribution in [0, 0.1) is 0 Å². The number of nitrogens with zero attached hydrogens (tertiary/aromatic N) is 5. The molecule has 33 heavy (non-hydrogen) atoms. The van der Waals surface area contributed by atoms with Crippen molar-refractivity contribution in [3.05, 3.63) is 72.2 Å². The predicted molar refractivity (Wildman–Crippen MR) is 129 cm³/mol. The molecule has 0 aliphatic carbocycles. The van der Waals surface area contributed by atoms with Crippen LogP contribution in [-0.2, 0) is 16.4 Å². The van der Waals surface area contributed by atoms with Crippen LogP contribution in [0.25, 0.3) is 16.7 Å². The topological polar surface area (TPSA) is 98.1 Å². The Morgan fingerprint density at radius 1 is 1.12 bits per heavy atom. The molecular formula is C23H21N5O3S2. The van der Waals surface area contributed by atoms with E-state index in [0.717, 1.165) is 29.5 Å². The fourth-order valence-electron chi connectivity index (χ4n) is 3.99. The van der Waals surface area contributed by atoms with Gasteiger partial charge in [0.2, 0.25) is 10.0 Å². The lowest BCUT2D eigenvalue weighted by molar-refractivity contribution is 0.102. The summed E-state index contributed by atoms with van der Waals surface area (Å²) in [5.41, 5.74) is 3.70. The van der Waals surface area contributed by atoms with Gasteiger partial charge in [-0.2, -0.15) is 5.10 Å². The van der Waals surface area contributed by atoms with Gasteiger partial charge in [0.25, 0.3) is 0 Å². The molecule has 0 amide bonds. The number of hydrogen-bond acceptors (Lipinski definition) is 7. The summed E-state index contributed by atoms with van der Waals surface area (Å²) in [5, 5.41) is 5.93. The average Bonchev–Trinajstić information content (AvgIpc) is 3.26. The fourth-order valence-corrected chi connectivity index (χ4v) is 5.85. The molecule has 0 spiro atoms. The molecule has 2 aromatic carbocycles. The molecule has 0 unspecified atom stereocenters. The van der Waals surface area contributed by atoms with Crippen LogP contribution in [0.15, 0.2) is 66.1 Å². The molecule has 8 nitrogen and oxygen atoms in total. The molecule has 0 saturated heterocycles. The van der Waals surface area contributed by atoms with Gasteiger partial charge in [-0.25, -0.2) is 23.1 Å². The number of benzene rings is 2. The lowest BCUT2D eigenvalue weighted by Gasteiger charge is -2.29. The van der Waals surface area contributed by atoms with Gasteiger partial charge in [0.1, 0.15) is 11.4 Å². The van der Waals surface area contributed by atoms with E-state index < -0.39 is 10.0 Å². The highest BCUT2D eigenvalue weighted by molar-refractivity contribution is 8.00. The third-order valence-corrected chi connectivity index (χ3v) is 7.73. The quantitative estimate of drug-likeness (QED) is 0.237. The van der Waals surface area contributed by atoms with E-state index in [4.69, 9.17) is 0 Å². The molecule has 3 heterocycles. The molecule has 168 valence electrons. The van der Waals surface area contributed by atoms with Crippen LogP contribution in [0.1, 0.15) is 22.3 Å². The van der Waals surface area contributed by atoms with Crippen molar-refractivity contribution in [1.29, 1.82) is 0 Å². The van der Waals surface area contributed by atoms with Crippen molar-refractivity contribution in [3.63, 3.8) is 0 Å². The molecule has 0 fully saturated rings. The average molecular weight is 480 g/mol. The van der Waals surface area contributed by atoms with E-state index in [1.54, 1.807) is 23.0 Å². The summed E-state index contributed by atoms with van der Waals surface area (Å²) in [6.07, 6.45) is 5.89. The highest BCUT2D eigenvalue weighted by Gasteiger charge is 2.25. The first-order valence-corrected chi connectivity index (χ1v) is 13.3. The zero-order valence-corrected chi connectivity index (χ0v) is 19.5. The van der Waals surface area contributed by atoms with E-state index in [-0.39, 0.29) is 11.5 Å². The monoisotopic (exact) mass is 479 g/mol. The number of aryl methyl sites for hydroxylation is 1.